The zero-order chi connectivity index (χ0) is 19.9. The number of rotatable bonds is 3. The summed E-state index contributed by atoms with van der Waals surface area (Å²) in [6, 6.07) is 6.61. The van der Waals surface area contributed by atoms with E-state index in [1.165, 1.54) is 12.1 Å². The predicted molar refractivity (Wildman–Crippen MR) is 99.8 cm³/mol. The number of amides is 1. The Bertz CT molecular complexity index is 908. The van der Waals surface area contributed by atoms with E-state index in [0.29, 0.717) is 22.9 Å². The molecule has 3 rings (SSSR count). The minimum absolute atomic E-state index is 0.0364. The quantitative estimate of drug-likeness (QED) is 0.802. The van der Waals surface area contributed by atoms with Gasteiger partial charge in [0.05, 0.1) is 5.56 Å². The lowest BCUT2D eigenvalue weighted by Crippen LogP contribution is -2.33. The van der Waals surface area contributed by atoms with Crippen molar-refractivity contribution >= 4 is 23.5 Å². The zero-order valence-electron chi connectivity index (χ0n) is 15.3. The van der Waals surface area contributed by atoms with Gasteiger partial charge in [-0.2, -0.15) is 13.2 Å². The first-order chi connectivity index (χ1) is 12.6. The third-order valence-electron chi connectivity index (χ3n) is 4.57. The molecule has 1 aliphatic rings. The molecular formula is C20H20F3N3O. The van der Waals surface area contributed by atoms with Crippen molar-refractivity contribution in [3.63, 3.8) is 0 Å². The number of alkyl halides is 3. The molecule has 0 saturated carbocycles. The molecule has 1 aromatic carbocycles. The van der Waals surface area contributed by atoms with Gasteiger partial charge in [-0.25, -0.2) is 0 Å². The van der Waals surface area contributed by atoms with Crippen LogP contribution in [0.25, 0.3) is 6.08 Å². The van der Waals surface area contributed by atoms with Crippen LogP contribution in [0, 0.1) is 0 Å². The molecule has 0 radical (unpaired) electrons. The van der Waals surface area contributed by atoms with Crippen LogP contribution in [0.1, 0.15) is 35.5 Å². The van der Waals surface area contributed by atoms with Crippen molar-refractivity contribution in [3.05, 3.63) is 65.5 Å². The minimum atomic E-state index is -4.39. The van der Waals surface area contributed by atoms with Crippen molar-refractivity contribution < 1.29 is 18.0 Å². The lowest BCUT2D eigenvalue weighted by atomic mass is 10.1. The fourth-order valence-corrected chi connectivity index (χ4v) is 2.81. The number of H-pyrrole nitrogens is 1. The van der Waals surface area contributed by atoms with Crippen LogP contribution < -0.4 is 4.90 Å². The Kier molecular flexibility index (Phi) is 4.63. The molecule has 4 nitrogen and oxygen atoms in total. The van der Waals surface area contributed by atoms with Crippen molar-refractivity contribution in [2.75, 3.05) is 11.9 Å². The number of hydrogen-bond acceptors (Lipinski definition) is 2. The second-order valence-corrected chi connectivity index (χ2v) is 6.70. The molecular weight excluding hydrogens is 355 g/mol. The molecule has 2 heterocycles. The number of hydrogen-bond donors (Lipinski definition) is 1. The third-order valence-corrected chi connectivity index (χ3v) is 4.57. The summed E-state index contributed by atoms with van der Waals surface area (Å²) in [6.45, 7) is 7.79. The first-order valence-electron chi connectivity index (χ1n) is 8.44. The predicted octanol–water partition coefficient (Wildman–Crippen LogP) is 5.19. The van der Waals surface area contributed by atoms with E-state index in [9.17, 15) is 18.0 Å². The number of aromatic amines is 1. The number of benzene rings is 1. The highest BCUT2D eigenvalue weighted by molar-refractivity contribution is 5.96. The van der Waals surface area contributed by atoms with Crippen molar-refractivity contribution in [2.24, 2.45) is 0 Å². The molecule has 0 spiro atoms. The molecule has 0 unspecified atom stereocenters. The maximum Gasteiger partial charge on any atom is 0.416 e. The van der Waals surface area contributed by atoms with E-state index < -0.39 is 11.7 Å². The van der Waals surface area contributed by atoms with Crippen molar-refractivity contribution in [1.82, 2.24) is 9.88 Å². The lowest BCUT2D eigenvalue weighted by Gasteiger charge is -2.28. The van der Waals surface area contributed by atoms with Gasteiger partial charge in [-0.3, -0.25) is 9.69 Å². The summed E-state index contributed by atoms with van der Waals surface area (Å²) in [4.78, 5) is 19.0. The average Bonchev–Trinajstić information content (AvgIpc) is 3.03. The number of fused-ring (bicyclic) bond motifs is 1. The third kappa shape index (κ3) is 3.49. The lowest BCUT2D eigenvalue weighted by molar-refractivity contribution is -0.137. The Morgan fingerprint density at radius 3 is 2.37 bits per heavy atom. The molecule has 27 heavy (non-hydrogen) atoms. The first-order valence-corrected chi connectivity index (χ1v) is 8.44. The van der Waals surface area contributed by atoms with Crippen LogP contribution in [0.4, 0.5) is 24.7 Å². The summed E-state index contributed by atoms with van der Waals surface area (Å²) < 4.78 is 38.5. The van der Waals surface area contributed by atoms with Gasteiger partial charge in [0.15, 0.2) is 0 Å². The smallest absolute Gasteiger partial charge is 0.338 e. The van der Waals surface area contributed by atoms with E-state index in [1.807, 2.05) is 19.9 Å². The highest BCUT2D eigenvalue weighted by atomic mass is 19.4. The standard InChI is InChI=1S/C20H20F3N3O/c1-12(2)25(4)19(27)17-11-14-6-5-13(3)26(18(14)24-17)16-9-7-15(8-10-16)20(21,22)23/h5-12,24H,3H2,1-2,4H3. The largest absolute Gasteiger partial charge is 0.416 e. The number of halogens is 3. The first kappa shape index (κ1) is 18.8. The van der Waals surface area contributed by atoms with Gasteiger partial charge in [0.2, 0.25) is 0 Å². The number of carbonyl (C=O) groups is 1. The second kappa shape index (κ2) is 6.64. The molecule has 2 aromatic rings. The fourth-order valence-electron chi connectivity index (χ4n) is 2.81. The summed E-state index contributed by atoms with van der Waals surface area (Å²) >= 11 is 0. The minimum Gasteiger partial charge on any atom is -0.338 e. The van der Waals surface area contributed by atoms with Gasteiger partial charge >= 0.3 is 6.18 Å². The van der Waals surface area contributed by atoms with Crippen LogP contribution in [0.5, 0.6) is 0 Å². The van der Waals surface area contributed by atoms with Crippen molar-refractivity contribution in [1.29, 1.82) is 0 Å². The van der Waals surface area contributed by atoms with Gasteiger partial charge in [-0.05, 0) is 56.3 Å². The fraction of sp³-hybridized carbons (Fsp3) is 0.250. The topological polar surface area (TPSA) is 39.3 Å². The van der Waals surface area contributed by atoms with E-state index in [1.54, 1.807) is 29.0 Å². The molecule has 0 saturated heterocycles. The Hall–Kier alpha value is -2.96. The molecule has 1 amide bonds. The second-order valence-electron chi connectivity index (χ2n) is 6.70. The molecule has 0 atom stereocenters. The van der Waals surface area contributed by atoms with Crippen LogP contribution in [0.15, 0.2) is 48.7 Å². The summed E-state index contributed by atoms with van der Waals surface area (Å²) in [6.07, 6.45) is -0.814. The SMILES string of the molecule is C=C1C=Cc2cc(C(=O)N(C)C(C)C)[nH]c2N1c1ccc(C(F)(F)F)cc1. The Morgan fingerprint density at radius 2 is 1.81 bits per heavy atom. The van der Waals surface area contributed by atoms with E-state index in [0.717, 1.165) is 17.7 Å². The van der Waals surface area contributed by atoms with Crippen LogP contribution in [-0.4, -0.2) is 28.9 Å². The molecule has 0 fully saturated rings. The van der Waals surface area contributed by atoms with Crippen molar-refractivity contribution in [3.8, 4) is 0 Å². The van der Waals surface area contributed by atoms with Gasteiger partial charge in [0, 0.05) is 30.0 Å². The Labute approximate surface area is 155 Å². The van der Waals surface area contributed by atoms with Gasteiger partial charge in [-0.1, -0.05) is 6.58 Å². The molecule has 142 valence electrons. The van der Waals surface area contributed by atoms with Crippen LogP contribution in [-0.2, 0) is 6.18 Å². The normalized spacial score (nSPS) is 13.9. The molecule has 1 aliphatic heterocycles. The number of aromatic nitrogens is 1. The van der Waals surface area contributed by atoms with Crippen LogP contribution >= 0.6 is 0 Å². The maximum absolute atomic E-state index is 12.8. The molecule has 1 aromatic heterocycles. The van der Waals surface area contributed by atoms with E-state index in [-0.39, 0.29) is 11.9 Å². The number of nitrogens with one attached hydrogen (secondary N) is 1. The average molecular weight is 375 g/mol. The molecule has 7 heteroatoms. The number of carbonyl (C=O) groups excluding carboxylic acids is 1. The monoisotopic (exact) mass is 375 g/mol. The van der Waals surface area contributed by atoms with Crippen molar-refractivity contribution in [2.45, 2.75) is 26.1 Å². The molecule has 0 aliphatic carbocycles. The Morgan fingerprint density at radius 1 is 1.19 bits per heavy atom. The van der Waals surface area contributed by atoms with Gasteiger partial charge in [0.1, 0.15) is 11.5 Å². The highest BCUT2D eigenvalue weighted by Gasteiger charge is 2.31. The van der Waals surface area contributed by atoms with Crippen LogP contribution in [0.3, 0.4) is 0 Å². The van der Waals surface area contributed by atoms with Crippen LogP contribution in [0.2, 0.25) is 0 Å². The van der Waals surface area contributed by atoms with E-state index in [4.69, 9.17) is 0 Å². The zero-order valence-corrected chi connectivity index (χ0v) is 15.3. The van der Waals surface area contributed by atoms with Gasteiger partial charge < -0.3 is 9.88 Å². The van der Waals surface area contributed by atoms with E-state index in [2.05, 4.69) is 11.6 Å². The van der Waals surface area contributed by atoms with E-state index >= 15 is 0 Å². The summed E-state index contributed by atoms with van der Waals surface area (Å²) in [5, 5.41) is 0. The molecule has 1 N–H and O–H groups in total. The number of nitrogens with zero attached hydrogens (tertiary/aromatic N) is 2. The number of anilines is 2. The molecule has 0 bridgehead atoms. The van der Waals surface area contributed by atoms with Gasteiger partial charge in [0.25, 0.3) is 5.91 Å². The Balaban J connectivity index is 1.99. The highest BCUT2D eigenvalue weighted by Crippen LogP contribution is 2.38. The maximum atomic E-state index is 12.8. The number of allylic oxidation sites excluding steroid dienone is 1. The summed E-state index contributed by atoms with van der Waals surface area (Å²) in [5.41, 5.74) is 1.57. The summed E-state index contributed by atoms with van der Waals surface area (Å²) in [7, 11) is 1.72. The van der Waals surface area contributed by atoms with Gasteiger partial charge in [-0.15, -0.1) is 0 Å². The summed E-state index contributed by atoms with van der Waals surface area (Å²) in [5.74, 6) is 0.438.